The van der Waals surface area contributed by atoms with E-state index >= 15 is 0 Å². The van der Waals surface area contributed by atoms with Crippen LogP contribution in [0.3, 0.4) is 0 Å². The van der Waals surface area contributed by atoms with Crippen LogP contribution < -0.4 is 0 Å². The van der Waals surface area contributed by atoms with Crippen LogP contribution in [0.2, 0.25) is 0 Å². The fourth-order valence-corrected chi connectivity index (χ4v) is 6.45. The third-order valence-electron chi connectivity index (χ3n) is 9.35. The van der Waals surface area contributed by atoms with Gasteiger partial charge in [-0.25, -0.2) is 0 Å². The van der Waals surface area contributed by atoms with Crippen LogP contribution in [0.1, 0.15) is 32.1 Å². The van der Waals surface area contributed by atoms with Crippen molar-refractivity contribution in [2.24, 2.45) is 11.8 Å². The lowest BCUT2D eigenvalue weighted by molar-refractivity contribution is -0.928. The van der Waals surface area contributed by atoms with Gasteiger partial charge in [-0.15, -0.1) is 0 Å². The summed E-state index contributed by atoms with van der Waals surface area (Å²) in [7, 11) is 7.06. The van der Waals surface area contributed by atoms with E-state index in [-0.39, 0.29) is 6.10 Å². The Labute approximate surface area is 173 Å². The Hall–Kier alpha value is -0.200. The summed E-state index contributed by atoms with van der Waals surface area (Å²) in [4.78, 5) is 2.57. The van der Waals surface area contributed by atoms with Crippen LogP contribution >= 0.6 is 0 Å². The van der Waals surface area contributed by atoms with Gasteiger partial charge in [-0.05, 0) is 25.2 Å². The zero-order chi connectivity index (χ0) is 19.8. The molecular formula is C23H47N4O+3. The maximum absolute atomic E-state index is 9.55. The summed E-state index contributed by atoms with van der Waals surface area (Å²) < 4.78 is 3.85. The topological polar surface area (TPSA) is 23.5 Å². The molecule has 5 nitrogen and oxygen atoms in total. The van der Waals surface area contributed by atoms with Crippen LogP contribution in [0.25, 0.3) is 0 Å². The summed E-state index contributed by atoms with van der Waals surface area (Å²) in [5.41, 5.74) is 0. The number of aliphatic hydroxyl groups is 1. The quantitative estimate of drug-likeness (QED) is 0.624. The highest BCUT2D eigenvalue weighted by Gasteiger charge is 2.42. The minimum atomic E-state index is 0.00694. The molecule has 28 heavy (non-hydrogen) atoms. The van der Waals surface area contributed by atoms with Crippen LogP contribution in [0.5, 0.6) is 0 Å². The molecule has 9 aliphatic rings. The predicted molar refractivity (Wildman–Crippen MR) is 115 cm³/mol. The summed E-state index contributed by atoms with van der Waals surface area (Å²) in [6.07, 6.45) is 7.03. The Morgan fingerprint density at radius 2 is 1.04 bits per heavy atom. The Morgan fingerprint density at radius 1 is 0.607 bits per heavy atom. The number of hydrogen-bond acceptors (Lipinski definition) is 2. The Balaban J connectivity index is 0.000000103. The molecule has 162 valence electrons. The summed E-state index contributed by atoms with van der Waals surface area (Å²) in [5.74, 6) is 1.75. The summed E-state index contributed by atoms with van der Waals surface area (Å²) >= 11 is 0. The minimum absolute atomic E-state index is 0.00694. The van der Waals surface area contributed by atoms with Crippen molar-refractivity contribution in [1.29, 1.82) is 0 Å². The van der Waals surface area contributed by atoms with E-state index in [9.17, 15) is 5.11 Å². The third-order valence-corrected chi connectivity index (χ3v) is 9.35. The van der Waals surface area contributed by atoms with Gasteiger partial charge in [0.15, 0.2) is 0 Å². The fourth-order valence-electron chi connectivity index (χ4n) is 6.45. The molecule has 6 bridgehead atoms. The summed E-state index contributed by atoms with van der Waals surface area (Å²) in [6, 6.07) is 0. The zero-order valence-electron chi connectivity index (χ0n) is 19.0. The van der Waals surface area contributed by atoms with E-state index in [0.717, 1.165) is 16.9 Å². The molecule has 0 aromatic rings. The monoisotopic (exact) mass is 395 g/mol. The van der Waals surface area contributed by atoms with Crippen LogP contribution in [-0.2, 0) is 0 Å². The first-order chi connectivity index (χ1) is 13.3. The minimum Gasteiger partial charge on any atom is -0.387 e. The van der Waals surface area contributed by atoms with Crippen molar-refractivity contribution in [3.05, 3.63) is 0 Å². The van der Waals surface area contributed by atoms with Gasteiger partial charge in [-0.2, -0.15) is 0 Å². The van der Waals surface area contributed by atoms with E-state index in [4.69, 9.17) is 0 Å². The van der Waals surface area contributed by atoms with Gasteiger partial charge >= 0.3 is 0 Å². The summed E-state index contributed by atoms with van der Waals surface area (Å²) in [5, 5.41) is 9.55. The van der Waals surface area contributed by atoms with Gasteiger partial charge in [0.2, 0.25) is 0 Å². The highest BCUT2D eigenvalue weighted by molar-refractivity contribution is 4.78. The molecule has 0 aromatic carbocycles. The van der Waals surface area contributed by atoms with Crippen LogP contribution in [-0.4, -0.2) is 129 Å². The molecule has 9 fully saturated rings. The van der Waals surface area contributed by atoms with Crippen LogP contribution in [0, 0.1) is 11.8 Å². The molecule has 0 amide bonds. The number of quaternary nitrogens is 3. The SMILES string of the molecule is C[N+]12CCC(CC1)C(O)C2.C[N+]12CCC(CC1)CC2.C[N+]12CCN(CC1)CC2. The second kappa shape index (κ2) is 8.14. The van der Waals surface area contributed by atoms with E-state index in [1.54, 1.807) is 0 Å². The fraction of sp³-hybridized carbons (Fsp3) is 1.00. The number of aliphatic hydroxyl groups excluding tert-OH is 1. The van der Waals surface area contributed by atoms with Gasteiger partial charge < -0.3 is 18.6 Å². The molecular weight excluding hydrogens is 348 g/mol. The van der Waals surface area contributed by atoms with Crippen molar-refractivity contribution in [3.8, 4) is 0 Å². The van der Waals surface area contributed by atoms with Crippen molar-refractivity contribution in [1.82, 2.24) is 4.90 Å². The first-order valence-corrected chi connectivity index (χ1v) is 12.2. The van der Waals surface area contributed by atoms with Crippen molar-refractivity contribution in [2.45, 2.75) is 38.2 Å². The lowest BCUT2D eigenvalue weighted by Gasteiger charge is -2.48. The summed E-state index contributed by atoms with van der Waals surface area (Å²) in [6.45, 7) is 16.2. The van der Waals surface area contributed by atoms with E-state index in [2.05, 4.69) is 26.0 Å². The van der Waals surface area contributed by atoms with E-state index < -0.39 is 0 Å². The highest BCUT2D eigenvalue weighted by atomic mass is 16.3. The first kappa shape index (κ1) is 21.0. The number of rotatable bonds is 0. The molecule has 1 unspecified atom stereocenters. The number of piperidine rings is 6. The number of hydrogen-bond donors (Lipinski definition) is 1. The van der Waals surface area contributed by atoms with E-state index in [1.807, 2.05) is 0 Å². The molecule has 9 rings (SSSR count). The third kappa shape index (κ3) is 4.92. The van der Waals surface area contributed by atoms with Gasteiger partial charge in [0, 0.05) is 38.4 Å². The molecule has 0 saturated carbocycles. The van der Waals surface area contributed by atoms with E-state index in [0.29, 0.717) is 5.92 Å². The molecule has 0 spiro atoms. The zero-order valence-corrected chi connectivity index (χ0v) is 19.0. The Bertz CT molecular complexity index is 457. The van der Waals surface area contributed by atoms with Gasteiger partial charge in [-0.1, -0.05) is 0 Å². The second-order valence-corrected chi connectivity index (χ2v) is 11.8. The van der Waals surface area contributed by atoms with Crippen LogP contribution in [0.15, 0.2) is 0 Å². The largest absolute Gasteiger partial charge is 0.387 e. The average molecular weight is 396 g/mol. The van der Waals surface area contributed by atoms with Crippen LogP contribution in [0.4, 0.5) is 0 Å². The molecule has 1 atom stereocenters. The molecule has 9 heterocycles. The van der Waals surface area contributed by atoms with Crippen molar-refractivity contribution in [2.75, 3.05) is 99.7 Å². The molecule has 1 N–H and O–H groups in total. The smallest absolute Gasteiger partial charge is 0.106 e. The number of piperazine rings is 3. The lowest BCUT2D eigenvalue weighted by Crippen LogP contribution is -2.65. The molecule has 0 aromatic heterocycles. The lowest BCUT2D eigenvalue weighted by atomic mass is 9.84. The Morgan fingerprint density at radius 3 is 1.29 bits per heavy atom. The number of fused-ring (bicyclic) bond motifs is 9. The first-order valence-electron chi connectivity index (χ1n) is 12.2. The Kier molecular flexibility index (Phi) is 6.12. The van der Waals surface area contributed by atoms with Gasteiger partial charge in [0.05, 0.1) is 73.5 Å². The molecule has 9 aliphatic heterocycles. The van der Waals surface area contributed by atoms with E-state index in [1.165, 1.54) is 113 Å². The van der Waals surface area contributed by atoms with Crippen molar-refractivity contribution in [3.63, 3.8) is 0 Å². The van der Waals surface area contributed by atoms with Gasteiger partial charge in [0.1, 0.15) is 12.6 Å². The second-order valence-electron chi connectivity index (χ2n) is 11.8. The molecule has 0 radical (unpaired) electrons. The molecule has 0 aliphatic carbocycles. The molecule has 5 heteroatoms. The molecule has 9 saturated heterocycles. The highest BCUT2D eigenvalue weighted by Crippen LogP contribution is 2.32. The maximum atomic E-state index is 9.55. The number of nitrogens with zero attached hydrogens (tertiary/aromatic N) is 4. The average Bonchev–Trinajstić information content (AvgIpc) is 2.70. The normalized spacial score (nSPS) is 51.0. The number of likely N-dealkylation sites (N-methyl/N-ethyl adjacent to an activating group) is 2. The van der Waals surface area contributed by atoms with Crippen molar-refractivity contribution < 1.29 is 18.6 Å². The van der Waals surface area contributed by atoms with Gasteiger partial charge in [-0.3, -0.25) is 4.90 Å². The standard InChI is InChI=1S/C8H16NO.C8H16N.C7H15N2/c1-9-4-2-7(3-5-9)8(10)6-9;2*1-9-5-2-8(3-6-9)4-7-9/h7-8,10H,2-6H2,1H3;8H,2-7H2,1H3;2-7H2,1H3/q3*+1. The van der Waals surface area contributed by atoms with Crippen molar-refractivity contribution >= 4 is 0 Å². The predicted octanol–water partition coefficient (Wildman–Crippen LogP) is 1.23. The maximum Gasteiger partial charge on any atom is 0.106 e. The van der Waals surface area contributed by atoms with Gasteiger partial charge in [0.25, 0.3) is 0 Å².